The topological polar surface area (TPSA) is 50.9 Å². The summed E-state index contributed by atoms with van der Waals surface area (Å²) in [4.78, 5) is 7.01. The normalized spacial score (nSPS) is 24.3. The molecule has 1 fully saturated rings. The summed E-state index contributed by atoms with van der Waals surface area (Å²) in [5, 5.41) is 4.18. The Hall–Kier alpha value is -2.40. The summed E-state index contributed by atoms with van der Waals surface area (Å²) in [5.74, 6) is 0.892. The van der Waals surface area contributed by atoms with Crippen molar-refractivity contribution in [3.05, 3.63) is 53.1 Å². The van der Waals surface area contributed by atoms with Crippen molar-refractivity contribution in [3.63, 3.8) is 0 Å². The first-order valence-electron chi connectivity index (χ1n) is 10.9. The number of aromatic nitrogens is 1. The predicted octanol–water partition coefficient (Wildman–Crippen LogP) is 4.96. The van der Waals surface area contributed by atoms with Gasteiger partial charge in [0.25, 0.3) is 0 Å². The number of ether oxygens (including phenoxy) is 1. The Balaban J connectivity index is 1.43. The number of hydrogen-bond acceptors (Lipinski definition) is 5. The maximum Gasteiger partial charge on any atom is 0.228 e. The van der Waals surface area contributed by atoms with Crippen LogP contribution in [0.15, 0.2) is 40.0 Å². The number of fused-ring (bicyclic) bond motifs is 1. The molecule has 1 aromatic heterocycles. The number of rotatable bonds is 4. The van der Waals surface area contributed by atoms with Gasteiger partial charge in [0.2, 0.25) is 6.35 Å². The van der Waals surface area contributed by atoms with E-state index in [0.29, 0.717) is 12.1 Å². The molecule has 1 saturated carbocycles. The molecule has 0 bridgehead atoms. The molecule has 0 N–H and O–H groups in total. The summed E-state index contributed by atoms with van der Waals surface area (Å²) in [6.07, 6.45) is 14.3. The molecule has 0 spiro atoms. The Morgan fingerprint density at radius 3 is 2.79 bits per heavy atom. The van der Waals surface area contributed by atoms with Crippen LogP contribution in [0.3, 0.4) is 0 Å². The van der Waals surface area contributed by atoms with Gasteiger partial charge in [-0.3, -0.25) is 0 Å². The summed E-state index contributed by atoms with van der Waals surface area (Å²) in [6, 6.07) is 7.02. The zero-order valence-electron chi connectivity index (χ0n) is 17.3. The van der Waals surface area contributed by atoms with Gasteiger partial charge in [0.1, 0.15) is 5.76 Å². The largest absolute Gasteiger partial charge is 0.361 e. The lowest BCUT2D eigenvalue weighted by atomic mass is 9.82. The Bertz CT molecular complexity index is 920. The van der Waals surface area contributed by atoms with E-state index in [0.717, 1.165) is 49.1 Å². The number of allylic oxidation sites excluding steroid dienone is 1. The van der Waals surface area contributed by atoms with Crippen molar-refractivity contribution < 1.29 is 9.26 Å². The molecule has 0 saturated heterocycles. The minimum Gasteiger partial charge on any atom is -0.361 e. The van der Waals surface area contributed by atoms with Crippen molar-refractivity contribution in [2.24, 2.45) is 4.99 Å². The Kier molecular flexibility index (Phi) is 5.00. The van der Waals surface area contributed by atoms with E-state index in [9.17, 15) is 0 Å². The van der Waals surface area contributed by atoms with E-state index in [2.05, 4.69) is 39.4 Å². The van der Waals surface area contributed by atoms with E-state index in [1.54, 1.807) is 0 Å². The van der Waals surface area contributed by atoms with Gasteiger partial charge in [-0.05, 0) is 68.7 Å². The second-order valence-electron chi connectivity index (χ2n) is 8.49. The van der Waals surface area contributed by atoms with Crippen LogP contribution in [-0.4, -0.2) is 34.8 Å². The Morgan fingerprint density at radius 1 is 1.14 bits per heavy atom. The van der Waals surface area contributed by atoms with Crippen LogP contribution in [0, 0.1) is 13.8 Å². The molecule has 5 heteroatoms. The lowest BCUT2D eigenvalue weighted by Crippen LogP contribution is -2.45. The molecule has 5 rings (SSSR count). The van der Waals surface area contributed by atoms with Crippen LogP contribution in [0.1, 0.15) is 54.7 Å². The van der Waals surface area contributed by atoms with Crippen molar-refractivity contribution in [1.29, 1.82) is 0 Å². The lowest BCUT2D eigenvalue weighted by molar-refractivity contribution is -0.0894. The molecule has 1 aliphatic heterocycles. The van der Waals surface area contributed by atoms with E-state index < -0.39 is 0 Å². The van der Waals surface area contributed by atoms with Gasteiger partial charge in [0.05, 0.1) is 11.8 Å². The third kappa shape index (κ3) is 3.52. The smallest absolute Gasteiger partial charge is 0.228 e. The van der Waals surface area contributed by atoms with Crippen LogP contribution in [0.2, 0.25) is 0 Å². The standard InChI is InChI=1S/C24H29N3O2/c1-16-23(17(2)29-26-16)21-10-5-7-18-11-12-19(15-22(18)21)27-14-6-13-25-24(27)28-20-8-3-4-9-20/h5-7,10,13-14,19-20,24H,3-4,8-9,11-12,15H2,1-2H3/t19-,24?/m1/s1. The van der Waals surface area contributed by atoms with Gasteiger partial charge in [0.15, 0.2) is 0 Å². The monoisotopic (exact) mass is 391 g/mol. The first kappa shape index (κ1) is 18.6. The van der Waals surface area contributed by atoms with Crippen LogP contribution in [0.5, 0.6) is 0 Å². The average molecular weight is 392 g/mol. The van der Waals surface area contributed by atoms with Crippen molar-refractivity contribution >= 4 is 6.21 Å². The van der Waals surface area contributed by atoms with Crippen molar-refractivity contribution in [2.45, 2.75) is 77.3 Å². The molecular weight excluding hydrogens is 362 g/mol. The molecule has 152 valence electrons. The molecule has 3 aliphatic rings. The average Bonchev–Trinajstić information content (AvgIpc) is 3.37. The maximum absolute atomic E-state index is 6.40. The van der Waals surface area contributed by atoms with Gasteiger partial charge in [-0.1, -0.05) is 36.2 Å². The second-order valence-corrected chi connectivity index (χ2v) is 8.49. The molecule has 5 nitrogen and oxygen atoms in total. The zero-order chi connectivity index (χ0) is 19.8. The molecule has 29 heavy (non-hydrogen) atoms. The molecule has 1 aromatic carbocycles. The number of benzene rings is 1. The van der Waals surface area contributed by atoms with Crippen molar-refractivity contribution in [1.82, 2.24) is 10.1 Å². The summed E-state index contributed by atoms with van der Waals surface area (Å²) in [7, 11) is 0. The third-order valence-corrected chi connectivity index (χ3v) is 6.61. The molecule has 0 amide bonds. The second kappa shape index (κ2) is 7.79. The highest BCUT2D eigenvalue weighted by Gasteiger charge is 2.32. The lowest BCUT2D eigenvalue weighted by Gasteiger charge is -2.40. The quantitative estimate of drug-likeness (QED) is 0.739. The molecule has 2 aromatic rings. The summed E-state index contributed by atoms with van der Waals surface area (Å²) >= 11 is 0. The fourth-order valence-corrected chi connectivity index (χ4v) is 5.14. The van der Waals surface area contributed by atoms with E-state index in [-0.39, 0.29) is 6.35 Å². The van der Waals surface area contributed by atoms with Gasteiger partial charge in [0, 0.05) is 24.0 Å². The van der Waals surface area contributed by atoms with Crippen LogP contribution < -0.4 is 0 Å². The van der Waals surface area contributed by atoms with Crippen LogP contribution in [0.4, 0.5) is 0 Å². The molecule has 1 unspecified atom stereocenters. The highest BCUT2D eigenvalue weighted by molar-refractivity contribution is 5.73. The predicted molar refractivity (Wildman–Crippen MR) is 114 cm³/mol. The Morgan fingerprint density at radius 2 is 2.00 bits per heavy atom. The number of aryl methyl sites for hydroxylation is 3. The highest BCUT2D eigenvalue weighted by atomic mass is 16.5. The molecular formula is C24H29N3O2. The molecule has 2 atom stereocenters. The van der Waals surface area contributed by atoms with Crippen LogP contribution in [-0.2, 0) is 17.6 Å². The van der Waals surface area contributed by atoms with Gasteiger partial charge in [-0.2, -0.15) is 0 Å². The van der Waals surface area contributed by atoms with E-state index in [1.165, 1.54) is 29.5 Å². The SMILES string of the molecule is Cc1noc(C)c1-c1cccc2c1C[C@H](N1C=CC=NC1OC1CCCC1)CC2. The highest BCUT2D eigenvalue weighted by Crippen LogP contribution is 2.37. The minimum absolute atomic E-state index is 0.194. The minimum atomic E-state index is -0.194. The fourth-order valence-electron chi connectivity index (χ4n) is 5.14. The van der Waals surface area contributed by atoms with E-state index in [1.807, 2.05) is 26.1 Å². The molecule has 2 heterocycles. The number of hydrogen-bond donors (Lipinski definition) is 0. The van der Waals surface area contributed by atoms with Crippen molar-refractivity contribution in [3.8, 4) is 11.1 Å². The third-order valence-electron chi connectivity index (χ3n) is 6.61. The van der Waals surface area contributed by atoms with E-state index >= 15 is 0 Å². The fraction of sp³-hybridized carbons (Fsp3) is 0.500. The first-order valence-corrected chi connectivity index (χ1v) is 10.9. The molecule has 2 aliphatic carbocycles. The number of nitrogens with zero attached hydrogens (tertiary/aromatic N) is 3. The molecule has 0 radical (unpaired) electrons. The Labute approximate surface area is 172 Å². The van der Waals surface area contributed by atoms with Crippen LogP contribution >= 0.6 is 0 Å². The van der Waals surface area contributed by atoms with Gasteiger partial charge < -0.3 is 14.2 Å². The van der Waals surface area contributed by atoms with E-state index in [4.69, 9.17) is 9.26 Å². The van der Waals surface area contributed by atoms with Crippen molar-refractivity contribution in [2.75, 3.05) is 0 Å². The summed E-state index contributed by atoms with van der Waals surface area (Å²) in [6.45, 7) is 4.03. The number of aliphatic imine (C=N–C) groups is 1. The van der Waals surface area contributed by atoms with Crippen LogP contribution in [0.25, 0.3) is 11.1 Å². The zero-order valence-corrected chi connectivity index (χ0v) is 17.3. The first-order chi connectivity index (χ1) is 14.2. The maximum atomic E-state index is 6.40. The van der Waals surface area contributed by atoms with Gasteiger partial charge >= 0.3 is 0 Å². The van der Waals surface area contributed by atoms with Gasteiger partial charge in [-0.15, -0.1) is 0 Å². The van der Waals surface area contributed by atoms with Gasteiger partial charge in [-0.25, -0.2) is 4.99 Å². The summed E-state index contributed by atoms with van der Waals surface area (Å²) < 4.78 is 11.9. The summed E-state index contributed by atoms with van der Waals surface area (Å²) in [5.41, 5.74) is 6.23.